The molecule has 0 saturated heterocycles. The van der Waals surface area contributed by atoms with Crippen LogP contribution in [0.25, 0.3) is 17.2 Å². The molecule has 2 heterocycles. The predicted molar refractivity (Wildman–Crippen MR) is 200 cm³/mol. The number of benzene rings is 3. The molecule has 260 valence electrons. The second kappa shape index (κ2) is 17.7. The van der Waals surface area contributed by atoms with E-state index in [2.05, 4.69) is 106 Å². The van der Waals surface area contributed by atoms with Gasteiger partial charge in [-0.1, -0.05) is 64.4 Å². The van der Waals surface area contributed by atoms with Crippen LogP contribution < -0.4 is 19.9 Å². The van der Waals surface area contributed by atoms with Gasteiger partial charge in [-0.05, 0) is 89.9 Å². The van der Waals surface area contributed by atoms with Crippen molar-refractivity contribution in [1.29, 1.82) is 0 Å². The van der Waals surface area contributed by atoms with Gasteiger partial charge in [-0.15, -0.1) is 10.2 Å². The Labute approximate surface area is 291 Å². The number of rotatable bonds is 17. The summed E-state index contributed by atoms with van der Waals surface area (Å²) in [5, 5.41) is 11.5. The third kappa shape index (κ3) is 9.95. The van der Waals surface area contributed by atoms with E-state index in [0.717, 1.165) is 96.4 Å². The molecule has 0 radical (unpaired) electrons. The molecule has 5 rings (SSSR count). The normalized spacial score (nSPS) is 12.8. The molecule has 1 aromatic heterocycles. The van der Waals surface area contributed by atoms with E-state index in [1.165, 1.54) is 0 Å². The largest absolute Gasteiger partial charge is 0.491 e. The van der Waals surface area contributed by atoms with Crippen molar-refractivity contribution >= 4 is 29.3 Å². The molecule has 0 spiro atoms. The Balaban J connectivity index is 1.27. The number of aromatic nitrogens is 3. The number of nitrogens with one attached hydrogen (secondary N) is 1. The molecule has 4 aromatic rings. The monoisotopic (exact) mass is 664 g/mol. The number of carbonyl (C=O) groups excluding carboxylic acids is 1. The van der Waals surface area contributed by atoms with Crippen LogP contribution in [0.15, 0.2) is 78.6 Å². The van der Waals surface area contributed by atoms with Gasteiger partial charge in [0.25, 0.3) is 5.91 Å². The number of aryl methyl sites for hydroxylation is 1. The molecule has 1 aliphatic rings. The van der Waals surface area contributed by atoms with Crippen LogP contribution in [0.4, 0.5) is 17.3 Å². The van der Waals surface area contributed by atoms with Gasteiger partial charge in [-0.25, -0.2) is 0 Å². The van der Waals surface area contributed by atoms with Crippen molar-refractivity contribution in [1.82, 2.24) is 14.8 Å². The van der Waals surface area contributed by atoms with Crippen molar-refractivity contribution < 1.29 is 14.3 Å². The van der Waals surface area contributed by atoms with Crippen LogP contribution in [0.2, 0.25) is 0 Å². The van der Waals surface area contributed by atoms with Crippen LogP contribution in [-0.2, 0) is 22.6 Å². The van der Waals surface area contributed by atoms with Gasteiger partial charge in [0.05, 0.1) is 6.61 Å². The van der Waals surface area contributed by atoms with Gasteiger partial charge in [0, 0.05) is 56.8 Å². The minimum atomic E-state index is -0.0690. The molecule has 1 N–H and O–H groups in total. The van der Waals surface area contributed by atoms with Gasteiger partial charge in [0.15, 0.2) is 0 Å². The zero-order chi connectivity index (χ0) is 34.6. The molecule has 0 unspecified atom stereocenters. The lowest BCUT2D eigenvalue weighted by atomic mass is 10.00. The van der Waals surface area contributed by atoms with Crippen molar-refractivity contribution in [2.75, 3.05) is 55.1 Å². The van der Waals surface area contributed by atoms with Crippen molar-refractivity contribution in [3.8, 4) is 16.9 Å². The molecule has 0 bridgehead atoms. The maximum Gasteiger partial charge on any atom is 0.251 e. The van der Waals surface area contributed by atoms with Crippen LogP contribution in [-0.4, -0.2) is 60.6 Å². The first kappa shape index (κ1) is 35.7. The van der Waals surface area contributed by atoms with Gasteiger partial charge >= 0.3 is 0 Å². The molecule has 3 aromatic carbocycles. The summed E-state index contributed by atoms with van der Waals surface area (Å²) in [4.78, 5) is 18.2. The summed E-state index contributed by atoms with van der Waals surface area (Å²) in [7, 11) is 2.02. The number of unbranched alkanes of at least 4 members (excludes halogenated alkanes) is 1. The summed E-state index contributed by atoms with van der Waals surface area (Å²) >= 11 is 0. The van der Waals surface area contributed by atoms with E-state index in [9.17, 15) is 4.79 Å². The first-order valence-corrected chi connectivity index (χ1v) is 17.7. The zero-order valence-corrected chi connectivity index (χ0v) is 29.8. The van der Waals surface area contributed by atoms with Gasteiger partial charge in [0.1, 0.15) is 18.7 Å². The average Bonchev–Trinajstić information content (AvgIpc) is 3.49. The highest BCUT2D eigenvalue weighted by Crippen LogP contribution is 2.34. The summed E-state index contributed by atoms with van der Waals surface area (Å²) in [6, 6.07) is 22.8. The smallest absolute Gasteiger partial charge is 0.251 e. The van der Waals surface area contributed by atoms with E-state index in [1.807, 2.05) is 31.3 Å². The lowest BCUT2D eigenvalue weighted by Gasteiger charge is -2.27. The first-order chi connectivity index (χ1) is 23.8. The SMILES string of the molecule is CCCCOCCOc1ccc(-c2ccc3c(c2)C=C(C(=O)Nc2ccc(CN(C)c4nncn4CCC)cc2)CCN3CC(C)C)cc1. The fourth-order valence-corrected chi connectivity index (χ4v) is 6.09. The Kier molecular flexibility index (Phi) is 12.9. The minimum absolute atomic E-state index is 0.0690. The van der Waals surface area contributed by atoms with Gasteiger partial charge in [-0.2, -0.15) is 0 Å². The number of carbonyl (C=O) groups is 1. The maximum absolute atomic E-state index is 13.7. The average molecular weight is 665 g/mol. The summed E-state index contributed by atoms with van der Waals surface area (Å²) in [5.41, 5.74) is 7.09. The van der Waals surface area contributed by atoms with Crippen LogP contribution >= 0.6 is 0 Å². The fourth-order valence-electron chi connectivity index (χ4n) is 6.09. The van der Waals surface area contributed by atoms with Crippen LogP contribution in [0.1, 0.15) is 64.5 Å². The van der Waals surface area contributed by atoms with E-state index in [0.29, 0.717) is 32.1 Å². The first-order valence-electron chi connectivity index (χ1n) is 17.7. The number of ether oxygens (including phenoxy) is 2. The number of nitrogens with zero attached hydrogens (tertiary/aromatic N) is 5. The highest BCUT2D eigenvalue weighted by molar-refractivity contribution is 6.07. The Bertz CT molecular complexity index is 1660. The minimum Gasteiger partial charge on any atom is -0.491 e. The van der Waals surface area contributed by atoms with E-state index >= 15 is 0 Å². The summed E-state index contributed by atoms with van der Waals surface area (Å²) < 4.78 is 13.6. The molecular weight excluding hydrogens is 612 g/mol. The molecule has 0 aliphatic carbocycles. The summed E-state index contributed by atoms with van der Waals surface area (Å²) in [5.74, 6) is 2.10. The topological polar surface area (TPSA) is 84.8 Å². The fraction of sp³-hybridized carbons (Fsp3) is 0.425. The quantitative estimate of drug-likeness (QED) is 0.114. The maximum atomic E-state index is 13.7. The van der Waals surface area contributed by atoms with Crippen molar-refractivity contribution in [2.45, 2.75) is 66.5 Å². The Morgan fingerprint density at radius 2 is 1.73 bits per heavy atom. The molecule has 1 aliphatic heterocycles. The molecule has 9 heteroatoms. The van der Waals surface area contributed by atoms with Crippen molar-refractivity contribution in [3.63, 3.8) is 0 Å². The molecule has 49 heavy (non-hydrogen) atoms. The van der Waals surface area contributed by atoms with E-state index < -0.39 is 0 Å². The number of hydrogen-bond acceptors (Lipinski definition) is 7. The van der Waals surface area contributed by atoms with Gasteiger partial charge in [0.2, 0.25) is 5.95 Å². The zero-order valence-electron chi connectivity index (χ0n) is 29.8. The van der Waals surface area contributed by atoms with Gasteiger partial charge < -0.3 is 24.6 Å². The second-order valence-corrected chi connectivity index (χ2v) is 13.2. The number of anilines is 3. The Morgan fingerprint density at radius 3 is 2.47 bits per heavy atom. The van der Waals surface area contributed by atoms with Crippen molar-refractivity contribution in [3.05, 3.63) is 89.8 Å². The van der Waals surface area contributed by atoms with E-state index in [1.54, 1.807) is 6.33 Å². The molecular formula is C40H52N6O3. The van der Waals surface area contributed by atoms with Gasteiger partial charge in [-0.3, -0.25) is 9.36 Å². The van der Waals surface area contributed by atoms with Crippen LogP contribution in [0.5, 0.6) is 5.75 Å². The van der Waals surface area contributed by atoms with E-state index in [4.69, 9.17) is 9.47 Å². The highest BCUT2D eigenvalue weighted by Gasteiger charge is 2.21. The molecule has 0 saturated carbocycles. The van der Waals surface area contributed by atoms with Crippen molar-refractivity contribution in [2.24, 2.45) is 5.92 Å². The lowest BCUT2D eigenvalue weighted by Crippen LogP contribution is -2.29. The number of hydrogen-bond donors (Lipinski definition) is 1. The summed E-state index contributed by atoms with van der Waals surface area (Å²) in [6.07, 6.45) is 7.73. The highest BCUT2D eigenvalue weighted by atomic mass is 16.5. The lowest BCUT2D eigenvalue weighted by molar-refractivity contribution is -0.112. The Morgan fingerprint density at radius 1 is 0.959 bits per heavy atom. The van der Waals surface area contributed by atoms with E-state index in [-0.39, 0.29) is 5.91 Å². The number of fused-ring (bicyclic) bond motifs is 1. The number of amides is 1. The third-order valence-corrected chi connectivity index (χ3v) is 8.59. The van der Waals surface area contributed by atoms with Crippen LogP contribution in [0, 0.1) is 5.92 Å². The second-order valence-electron chi connectivity index (χ2n) is 13.2. The standard InChI is InChI=1S/C40H52N6O3/c1-6-8-22-48-23-24-49-37-16-11-32(12-17-37)33-13-18-38-35(25-33)26-34(19-21-45(38)27-30(3)4)39(47)42-36-14-9-31(10-15-36)28-44(5)40-43-41-29-46(40)20-7-2/h9-18,25-26,29-30H,6-8,19-24,27-28H2,1-5H3,(H,42,47). The predicted octanol–water partition coefficient (Wildman–Crippen LogP) is 8.08. The molecule has 1 amide bonds. The molecule has 0 atom stereocenters. The third-order valence-electron chi connectivity index (χ3n) is 8.59. The Hall–Kier alpha value is -4.63. The molecule has 0 fully saturated rings. The summed E-state index contributed by atoms with van der Waals surface area (Å²) in [6.45, 7) is 14.0. The van der Waals surface area contributed by atoms with Crippen LogP contribution in [0.3, 0.4) is 0 Å². The molecule has 9 nitrogen and oxygen atoms in total.